The molecule has 1 aromatic heterocycles. The van der Waals surface area contributed by atoms with Crippen molar-refractivity contribution < 1.29 is 14.3 Å². The first kappa shape index (κ1) is 22.6. The number of aromatic nitrogens is 1. The summed E-state index contributed by atoms with van der Waals surface area (Å²) in [6.07, 6.45) is 1.65. The van der Waals surface area contributed by atoms with E-state index in [2.05, 4.69) is 15.6 Å². The Morgan fingerprint density at radius 3 is 2.42 bits per heavy atom. The van der Waals surface area contributed by atoms with E-state index in [9.17, 15) is 9.59 Å². The molecule has 1 atom stereocenters. The molecule has 2 amide bonds. The number of thiazole rings is 1. The number of amides is 2. The molecule has 4 rings (SSSR count). The van der Waals surface area contributed by atoms with Gasteiger partial charge in [-0.15, -0.1) is 23.1 Å². The normalized spacial score (nSPS) is 11.4. The van der Waals surface area contributed by atoms with E-state index < -0.39 is 5.25 Å². The number of hydrogen-bond donors (Lipinski definition) is 2. The molecule has 0 aliphatic carbocycles. The molecule has 0 aliphatic heterocycles. The van der Waals surface area contributed by atoms with E-state index >= 15 is 0 Å². The van der Waals surface area contributed by atoms with Crippen LogP contribution in [0, 0.1) is 0 Å². The van der Waals surface area contributed by atoms with Crippen molar-refractivity contribution in [3.63, 3.8) is 0 Å². The Labute approximate surface area is 200 Å². The SMILES string of the molecule is O=C(COc1ccccc1)Nc1cccc(SC(C(=O)Nc2nccs2)c2ccccc2)c1. The van der Waals surface area contributed by atoms with Crippen molar-refractivity contribution in [3.05, 3.63) is 102 Å². The number of nitrogens with one attached hydrogen (secondary N) is 2. The van der Waals surface area contributed by atoms with Crippen LogP contribution in [0.3, 0.4) is 0 Å². The third-order valence-corrected chi connectivity index (χ3v) is 6.42. The van der Waals surface area contributed by atoms with Gasteiger partial charge in [0.2, 0.25) is 5.91 Å². The van der Waals surface area contributed by atoms with Crippen LogP contribution in [-0.2, 0) is 9.59 Å². The Bertz CT molecular complexity index is 1190. The first-order valence-corrected chi connectivity index (χ1v) is 11.9. The lowest BCUT2D eigenvalue weighted by Gasteiger charge is -2.17. The summed E-state index contributed by atoms with van der Waals surface area (Å²) in [5.74, 6) is 0.211. The lowest BCUT2D eigenvalue weighted by atomic mass is 10.1. The quantitative estimate of drug-likeness (QED) is 0.307. The third-order valence-electron chi connectivity index (χ3n) is 4.49. The molecule has 8 heteroatoms. The first-order valence-electron chi connectivity index (χ1n) is 10.2. The van der Waals surface area contributed by atoms with E-state index in [-0.39, 0.29) is 18.4 Å². The number of ether oxygens (including phenoxy) is 1. The Morgan fingerprint density at radius 1 is 0.939 bits per heavy atom. The highest BCUT2D eigenvalue weighted by Gasteiger charge is 2.23. The van der Waals surface area contributed by atoms with E-state index in [4.69, 9.17) is 4.74 Å². The molecule has 33 heavy (non-hydrogen) atoms. The maximum absolute atomic E-state index is 13.0. The largest absolute Gasteiger partial charge is 0.484 e. The molecule has 1 heterocycles. The molecule has 2 N–H and O–H groups in total. The van der Waals surface area contributed by atoms with Gasteiger partial charge in [0.25, 0.3) is 5.91 Å². The van der Waals surface area contributed by atoms with Crippen molar-refractivity contribution in [1.29, 1.82) is 0 Å². The van der Waals surface area contributed by atoms with Crippen LogP contribution in [0.25, 0.3) is 0 Å². The summed E-state index contributed by atoms with van der Waals surface area (Å²) in [4.78, 5) is 30.4. The number of rotatable bonds is 9. The van der Waals surface area contributed by atoms with E-state index in [0.717, 1.165) is 10.5 Å². The third kappa shape index (κ3) is 6.68. The van der Waals surface area contributed by atoms with Crippen LogP contribution >= 0.6 is 23.1 Å². The van der Waals surface area contributed by atoms with Crippen LogP contribution in [0.2, 0.25) is 0 Å². The molecule has 4 aromatic rings. The summed E-state index contributed by atoms with van der Waals surface area (Å²) in [7, 11) is 0. The predicted molar refractivity (Wildman–Crippen MR) is 133 cm³/mol. The van der Waals surface area contributed by atoms with Crippen molar-refractivity contribution in [2.75, 3.05) is 17.2 Å². The van der Waals surface area contributed by atoms with Gasteiger partial charge < -0.3 is 15.4 Å². The standard InChI is InChI=1S/C25H21N3O3S2/c29-22(17-31-20-11-5-2-6-12-20)27-19-10-7-13-21(16-19)33-23(18-8-3-1-4-9-18)24(30)28-25-26-14-15-32-25/h1-16,23H,17H2,(H,27,29)(H,26,28,30). The highest BCUT2D eigenvalue weighted by molar-refractivity contribution is 8.00. The number of hydrogen-bond acceptors (Lipinski definition) is 6. The molecule has 0 saturated carbocycles. The average Bonchev–Trinajstić information content (AvgIpc) is 3.36. The smallest absolute Gasteiger partial charge is 0.262 e. The summed E-state index contributed by atoms with van der Waals surface area (Å²) >= 11 is 2.78. The number of thioether (sulfide) groups is 1. The molecule has 3 aromatic carbocycles. The van der Waals surface area contributed by atoms with Gasteiger partial charge in [-0.2, -0.15) is 0 Å². The fourth-order valence-corrected chi connectivity index (χ4v) is 4.62. The van der Waals surface area contributed by atoms with Crippen LogP contribution in [0.15, 0.2) is 101 Å². The summed E-state index contributed by atoms with van der Waals surface area (Å²) in [5, 5.41) is 7.61. The first-order chi connectivity index (χ1) is 16.2. The Kier molecular flexibility index (Phi) is 7.73. The highest BCUT2D eigenvalue weighted by Crippen LogP contribution is 2.37. The van der Waals surface area contributed by atoms with Crippen LogP contribution in [0.4, 0.5) is 10.8 Å². The highest BCUT2D eigenvalue weighted by atomic mass is 32.2. The van der Waals surface area contributed by atoms with Crippen molar-refractivity contribution in [2.24, 2.45) is 0 Å². The van der Waals surface area contributed by atoms with E-state index in [1.165, 1.54) is 23.1 Å². The van der Waals surface area contributed by atoms with Gasteiger partial charge >= 0.3 is 0 Å². The van der Waals surface area contributed by atoms with Gasteiger partial charge in [0.05, 0.1) is 0 Å². The van der Waals surface area contributed by atoms with E-state index in [0.29, 0.717) is 16.6 Å². The number of carbonyl (C=O) groups is 2. The minimum absolute atomic E-state index is 0.0930. The van der Waals surface area contributed by atoms with Crippen molar-refractivity contribution >= 4 is 45.7 Å². The monoisotopic (exact) mass is 475 g/mol. The second-order valence-electron chi connectivity index (χ2n) is 6.91. The van der Waals surface area contributed by atoms with Crippen molar-refractivity contribution in [3.8, 4) is 5.75 Å². The van der Waals surface area contributed by atoms with Crippen LogP contribution in [-0.4, -0.2) is 23.4 Å². The number of nitrogens with zero attached hydrogens (tertiary/aromatic N) is 1. The number of anilines is 2. The van der Waals surface area contributed by atoms with Gasteiger partial charge in [0.15, 0.2) is 11.7 Å². The summed E-state index contributed by atoms with van der Waals surface area (Å²) in [5.41, 5.74) is 1.51. The van der Waals surface area contributed by atoms with E-state index in [1.807, 2.05) is 72.1 Å². The molecule has 0 saturated heterocycles. The number of para-hydroxylation sites is 1. The Balaban J connectivity index is 1.43. The number of carbonyl (C=O) groups excluding carboxylic acids is 2. The summed E-state index contributed by atoms with van der Waals surface area (Å²) in [6.45, 7) is -0.0930. The molecule has 0 radical (unpaired) electrons. The molecule has 0 aliphatic rings. The second-order valence-corrected chi connectivity index (χ2v) is 8.99. The van der Waals surface area contributed by atoms with E-state index in [1.54, 1.807) is 24.4 Å². The fraction of sp³-hybridized carbons (Fsp3) is 0.0800. The zero-order chi connectivity index (χ0) is 22.9. The van der Waals surface area contributed by atoms with Crippen molar-refractivity contribution in [2.45, 2.75) is 10.1 Å². The number of benzene rings is 3. The van der Waals surface area contributed by atoms with Gasteiger partial charge in [-0.05, 0) is 35.9 Å². The maximum Gasteiger partial charge on any atom is 0.262 e. The molecule has 0 spiro atoms. The van der Waals surface area contributed by atoms with Gasteiger partial charge in [-0.25, -0.2) is 4.98 Å². The van der Waals surface area contributed by atoms with Crippen molar-refractivity contribution in [1.82, 2.24) is 4.98 Å². The molecule has 6 nitrogen and oxygen atoms in total. The Hall–Kier alpha value is -3.62. The van der Waals surface area contributed by atoms with Gasteiger partial charge in [-0.1, -0.05) is 54.6 Å². The van der Waals surface area contributed by atoms with Gasteiger partial charge in [-0.3, -0.25) is 9.59 Å². The maximum atomic E-state index is 13.0. The molecule has 166 valence electrons. The zero-order valence-electron chi connectivity index (χ0n) is 17.5. The lowest BCUT2D eigenvalue weighted by molar-refractivity contribution is -0.118. The topological polar surface area (TPSA) is 80.3 Å². The van der Waals surface area contributed by atoms with Gasteiger partial charge in [0.1, 0.15) is 11.0 Å². The summed E-state index contributed by atoms with van der Waals surface area (Å²) in [6, 6.07) is 26.1. The average molecular weight is 476 g/mol. The van der Waals surface area contributed by atoms with Crippen LogP contribution < -0.4 is 15.4 Å². The van der Waals surface area contributed by atoms with Crippen LogP contribution in [0.1, 0.15) is 10.8 Å². The van der Waals surface area contributed by atoms with Gasteiger partial charge in [0, 0.05) is 22.2 Å². The second kappa shape index (κ2) is 11.3. The molecule has 0 bridgehead atoms. The molecular weight excluding hydrogens is 454 g/mol. The predicted octanol–water partition coefficient (Wildman–Crippen LogP) is 5.63. The zero-order valence-corrected chi connectivity index (χ0v) is 19.1. The molecule has 0 fully saturated rings. The summed E-state index contributed by atoms with van der Waals surface area (Å²) < 4.78 is 5.50. The Morgan fingerprint density at radius 2 is 1.70 bits per heavy atom. The minimum atomic E-state index is -0.484. The molecular formula is C25H21N3O3S2. The van der Waals surface area contributed by atoms with Crippen LogP contribution in [0.5, 0.6) is 5.75 Å². The lowest BCUT2D eigenvalue weighted by Crippen LogP contribution is -2.20. The fourth-order valence-electron chi connectivity index (χ4n) is 3.00. The minimum Gasteiger partial charge on any atom is -0.484 e. The molecule has 1 unspecified atom stereocenters.